The summed E-state index contributed by atoms with van der Waals surface area (Å²) in [5.74, 6) is 0.871. The molecule has 0 N–H and O–H groups in total. The lowest BCUT2D eigenvalue weighted by atomic mass is 10.4. The van der Waals surface area contributed by atoms with Gasteiger partial charge in [0, 0.05) is 18.1 Å². The molecule has 3 rings (SSSR count). The van der Waals surface area contributed by atoms with Crippen LogP contribution in [0.15, 0.2) is 6.20 Å². The highest BCUT2D eigenvalue weighted by atomic mass is 35.5. The molecule has 0 bridgehead atoms. The lowest BCUT2D eigenvalue weighted by Gasteiger charge is -2.09. The lowest BCUT2D eigenvalue weighted by molar-refractivity contribution is 0.684. The topological polar surface area (TPSA) is 48.5 Å². The quantitative estimate of drug-likeness (QED) is 0.691. The molecule has 112 valence electrons. The van der Waals surface area contributed by atoms with Gasteiger partial charge in [-0.2, -0.15) is 5.10 Å². The smallest absolute Gasteiger partial charge is 0.159 e. The third-order valence-corrected chi connectivity index (χ3v) is 4.84. The minimum Gasteiger partial charge on any atom is -0.305 e. The molecule has 0 amide bonds. The number of aromatic nitrogens is 5. The molecule has 0 aliphatic carbocycles. The molecule has 1 unspecified atom stereocenters. The maximum Gasteiger partial charge on any atom is 0.159 e. The second-order valence-electron chi connectivity index (χ2n) is 5.13. The first-order valence-corrected chi connectivity index (χ1v) is 8.24. The molecule has 0 saturated heterocycles. The molecule has 0 saturated carbocycles. The van der Waals surface area contributed by atoms with Gasteiger partial charge in [0.2, 0.25) is 0 Å². The minimum atomic E-state index is -0.151. The predicted octanol–water partition coefficient (Wildman–Crippen LogP) is 3.45. The maximum absolute atomic E-state index is 6.31. The van der Waals surface area contributed by atoms with Crippen molar-refractivity contribution in [1.82, 2.24) is 24.3 Å². The fraction of sp³-hybridized carbons (Fsp3) is 0.500. The zero-order valence-electron chi connectivity index (χ0n) is 12.6. The Hall–Kier alpha value is -1.40. The van der Waals surface area contributed by atoms with Gasteiger partial charge in [-0.15, -0.1) is 22.9 Å². The summed E-state index contributed by atoms with van der Waals surface area (Å²) < 4.78 is 4.00. The molecule has 0 aliphatic heterocycles. The molecule has 21 heavy (non-hydrogen) atoms. The van der Waals surface area contributed by atoms with Gasteiger partial charge in [0.05, 0.1) is 17.6 Å². The SMILES string of the molecule is CCc1cnc(Cn2c(C(C)Cl)nc3c(C)nn(C)c32)s1. The molecule has 3 aromatic rings. The third kappa shape index (κ3) is 2.46. The Bertz CT molecular complexity index is 783. The van der Waals surface area contributed by atoms with Gasteiger partial charge < -0.3 is 4.57 Å². The Morgan fingerprint density at radius 2 is 2.19 bits per heavy atom. The van der Waals surface area contributed by atoms with Crippen molar-refractivity contribution in [1.29, 1.82) is 0 Å². The van der Waals surface area contributed by atoms with Crippen LogP contribution in [0, 0.1) is 6.92 Å². The van der Waals surface area contributed by atoms with E-state index < -0.39 is 0 Å². The number of rotatable bonds is 4. The number of alkyl halides is 1. The number of nitrogens with zero attached hydrogens (tertiary/aromatic N) is 5. The van der Waals surface area contributed by atoms with Gasteiger partial charge >= 0.3 is 0 Å². The summed E-state index contributed by atoms with van der Waals surface area (Å²) in [7, 11) is 1.94. The van der Waals surface area contributed by atoms with E-state index in [-0.39, 0.29) is 5.38 Å². The number of hydrogen-bond donors (Lipinski definition) is 0. The molecule has 0 fully saturated rings. The van der Waals surface area contributed by atoms with Gasteiger partial charge in [0.25, 0.3) is 0 Å². The first-order chi connectivity index (χ1) is 10.0. The highest BCUT2D eigenvalue weighted by molar-refractivity contribution is 7.11. The van der Waals surface area contributed by atoms with Crippen LogP contribution in [-0.4, -0.2) is 24.3 Å². The van der Waals surface area contributed by atoms with E-state index in [2.05, 4.69) is 26.6 Å². The van der Waals surface area contributed by atoms with Crippen molar-refractivity contribution in [2.45, 2.75) is 39.1 Å². The van der Waals surface area contributed by atoms with Crippen LogP contribution in [0.1, 0.15) is 40.6 Å². The number of hydrogen-bond acceptors (Lipinski definition) is 4. The highest BCUT2D eigenvalue weighted by Gasteiger charge is 2.20. The van der Waals surface area contributed by atoms with E-state index in [1.54, 1.807) is 11.3 Å². The normalized spacial score (nSPS) is 13.2. The molecule has 1 atom stereocenters. The lowest BCUT2D eigenvalue weighted by Crippen LogP contribution is -2.08. The molecule has 7 heteroatoms. The molecular formula is C14H18ClN5S. The van der Waals surface area contributed by atoms with Crippen LogP contribution in [0.25, 0.3) is 11.2 Å². The van der Waals surface area contributed by atoms with E-state index in [9.17, 15) is 0 Å². The first kappa shape index (κ1) is 14.5. The monoisotopic (exact) mass is 323 g/mol. The second kappa shape index (κ2) is 5.42. The molecular weight excluding hydrogens is 306 g/mol. The average molecular weight is 324 g/mol. The number of aryl methyl sites for hydroxylation is 3. The fourth-order valence-electron chi connectivity index (χ4n) is 2.53. The predicted molar refractivity (Wildman–Crippen MR) is 86.1 cm³/mol. The highest BCUT2D eigenvalue weighted by Crippen LogP contribution is 2.27. The van der Waals surface area contributed by atoms with Crippen LogP contribution in [0.5, 0.6) is 0 Å². The van der Waals surface area contributed by atoms with Crippen molar-refractivity contribution < 1.29 is 0 Å². The van der Waals surface area contributed by atoms with Gasteiger partial charge in [-0.25, -0.2) is 9.97 Å². The van der Waals surface area contributed by atoms with Gasteiger partial charge in [0.15, 0.2) is 5.65 Å². The molecule has 0 aromatic carbocycles. The van der Waals surface area contributed by atoms with Crippen LogP contribution in [0.3, 0.4) is 0 Å². The van der Waals surface area contributed by atoms with Crippen molar-refractivity contribution >= 4 is 34.1 Å². The van der Waals surface area contributed by atoms with E-state index >= 15 is 0 Å². The molecule has 0 aliphatic rings. The minimum absolute atomic E-state index is 0.151. The van der Waals surface area contributed by atoms with Crippen molar-refractivity contribution in [3.8, 4) is 0 Å². The Balaban J connectivity index is 2.12. The summed E-state index contributed by atoms with van der Waals surface area (Å²) in [5.41, 5.74) is 2.86. The molecule has 5 nitrogen and oxygen atoms in total. The summed E-state index contributed by atoms with van der Waals surface area (Å²) in [6.45, 7) is 6.75. The van der Waals surface area contributed by atoms with Crippen molar-refractivity contribution in [3.05, 3.63) is 27.6 Å². The molecule has 3 aromatic heterocycles. The zero-order chi connectivity index (χ0) is 15.1. The van der Waals surface area contributed by atoms with E-state index in [1.165, 1.54) is 4.88 Å². The number of halogens is 1. The van der Waals surface area contributed by atoms with Gasteiger partial charge in [-0.1, -0.05) is 6.92 Å². The fourth-order valence-corrected chi connectivity index (χ4v) is 3.55. The van der Waals surface area contributed by atoms with Gasteiger partial charge in [-0.05, 0) is 20.3 Å². The second-order valence-corrected chi connectivity index (χ2v) is 6.98. The van der Waals surface area contributed by atoms with Crippen LogP contribution in [-0.2, 0) is 20.0 Å². The van der Waals surface area contributed by atoms with E-state index in [4.69, 9.17) is 11.6 Å². The molecule has 3 heterocycles. The number of thiazole rings is 1. The van der Waals surface area contributed by atoms with Gasteiger partial charge in [0.1, 0.15) is 16.3 Å². The van der Waals surface area contributed by atoms with Crippen LogP contribution in [0.2, 0.25) is 0 Å². The Morgan fingerprint density at radius 1 is 1.43 bits per heavy atom. The van der Waals surface area contributed by atoms with E-state index in [0.29, 0.717) is 6.54 Å². The van der Waals surface area contributed by atoms with Crippen molar-refractivity contribution in [3.63, 3.8) is 0 Å². The summed E-state index contributed by atoms with van der Waals surface area (Å²) >= 11 is 8.05. The van der Waals surface area contributed by atoms with Crippen LogP contribution in [0.4, 0.5) is 0 Å². The van der Waals surface area contributed by atoms with Crippen molar-refractivity contribution in [2.75, 3.05) is 0 Å². The Morgan fingerprint density at radius 3 is 2.81 bits per heavy atom. The summed E-state index contributed by atoms with van der Waals surface area (Å²) in [4.78, 5) is 10.5. The van der Waals surface area contributed by atoms with E-state index in [1.807, 2.05) is 31.8 Å². The van der Waals surface area contributed by atoms with Crippen LogP contribution >= 0.6 is 22.9 Å². The summed E-state index contributed by atoms with van der Waals surface area (Å²) in [5, 5.41) is 5.37. The molecule has 0 spiro atoms. The maximum atomic E-state index is 6.31. The largest absolute Gasteiger partial charge is 0.305 e. The standard InChI is InChI=1S/C14H18ClN5S/c1-5-10-6-16-11(21-10)7-20-13(8(2)15)17-12-9(3)18-19(4)14(12)20/h6,8H,5,7H2,1-4H3. The van der Waals surface area contributed by atoms with Gasteiger partial charge in [-0.3, -0.25) is 4.68 Å². The van der Waals surface area contributed by atoms with E-state index in [0.717, 1.165) is 34.1 Å². The zero-order valence-corrected chi connectivity index (χ0v) is 14.2. The van der Waals surface area contributed by atoms with Crippen LogP contribution < -0.4 is 0 Å². The third-order valence-electron chi connectivity index (χ3n) is 3.52. The first-order valence-electron chi connectivity index (χ1n) is 6.98. The molecule has 0 radical (unpaired) electrons. The average Bonchev–Trinajstić information content (AvgIpc) is 3.08. The number of imidazole rings is 1. The Kier molecular flexibility index (Phi) is 3.75. The Labute approximate surface area is 132 Å². The summed E-state index contributed by atoms with van der Waals surface area (Å²) in [6, 6.07) is 0. The number of fused-ring (bicyclic) bond motifs is 1. The summed E-state index contributed by atoms with van der Waals surface area (Å²) in [6.07, 6.45) is 2.97. The van der Waals surface area contributed by atoms with Crippen molar-refractivity contribution in [2.24, 2.45) is 7.05 Å².